The van der Waals surface area contributed by atoms with Gasteiger partial charge in [0.15, 0.2) is 0 Å². The zero-order chi connectivity index (χ0) is 13.4. The summed E-state index contributed by atoms with van der Waals surface area (Å²) < 4.78 is 5.99. The van der Waals surface area contributed by atoms with Gasteiger partial charge >= 0.3 is 0 Å². The molecule has 0 saturated heterocycles. The van der Waals surface area contributed by atoms with Gasteiger partial charge < -0.3 is 10.1 Å². The van der Waals surface area contributed by atoms with Crippen LogP contribution in [0.3, 0.4) is 0 Å². The molecule has 1 aliphatic rings. The van der Waals surface area contributed by atoms with Crippen LogP contribution in [0.15, 0.2) is 0 Å². The molecule has 2 heteroatoms. The molecule has 0 aromatic heterocycles. The first kappa shape index (κ1) is 16.0. The van der Waals surface area contributed by atoms with E-state index in [1.807, 2.05) is 7.11 Å². The molecule has 0 heterocycles. The van der Waals surface area contributed by atoms with Gasteiger partial charge in [0.05, 0.1) is 5.60 Å². The van der Waals surface area contributed by atoms with E-state index in [0.29, 0.717) is 6.04 Å². The van der Waals surface area contributed by atoms with E-state index in [1.165, 1.54) is 38.5 Å². The molecule has 1 saturated carbocycles. The molecule has 1 atom stereocenters. The van der Waals surface area contributed by atoms with Crippen molar-refractivity contribution in [2.24, 2.45) is 5.92 Å². The van der Waals surface area contributed by atoms with Gasteiger partial charge in [-0.2, -0.15) is 0 Å². The summed E-state index contributed by atoms with van der Waals surface area (Å²) in [7, 11) is 1.90. The van der Waals surface area contributed by atoms with Crippen LogP contribution < -0.4 is 5.32 Å². The molecular weight excluding hydrogens is 222 g/mol. The van der Waals surface area contributed by atoms with Gasteiger partial charge in [0.2, 0.25) is 0 Å². The molecular formula is C16H33NO. The van der Waals surface area contributed by atoms with Gasteiger partial charge in [-0.3, -0.25) is 0 Å². The predicted molar refractivity (Wildman–Crippen MR) is 79.0 cm³/mol. The van der Waals surface area contributed by atoms with Gasteiger partial charge in [-0.1, -0.05) is 40.0 Å². The molecule has 0 radical (unpaired) electrons. The lowest BCUT2D eigenvalue weighted by molar-refractivity contribution is -0.0669. The molecule has 0 spiro atoms. The van der Waals surface area contributed by atoms with E-state index >= 15 is 0 Å². The van der Waals surface area contributed by atoms with Crippen LogP contribution in [0.2, 0.25) is 0 Å². The summed E-state index contributed by atoms with van der Waals surface area (Å²) in [4.78, 5) is 0. The highest BCUT2D eigenvalue weighted by Crippen LogP contribution is 2.36. The molecule has 18 heavy (non-hydrogen) atoms. The predicted octanol–water partition coefficient (Wildman–Crippen LogP) is 4.14. The van der Waals surface area contributed by atoms with Gasteiger partial charge in [-0.15, -0.1) is 0 Å². The minimum atomic E-state index is 0.0389. The maximum Gasteiger partial charge on any atom is 0.0828 e. The quantitative estimate of drug-likeness (QED) is 0.704. The van der Waals surface area contributed by atoms with Crippen molar-refractivity contribution in [2.75, 3.05) is 13.7 Å². The summed E-state index contributed by atoms with van der Waals surface area (Å²) in [6, 6.07) is 0.540. The van der Waals surface area contributed by atoms with Gasteiger partial charge in [-0.25, -0.2) is 0 Å². The minimum absolute atomic E-state index is 0.0389. The third-order valence-corrected chi connectivity index (χ3v) is 4.91. The molecule has 0 bridgehead atoms. The lowest BCUT2D eigenvalue weighted by Gasteiger charge is -2.44. The number of hydrogen-bond donors (Lipinski definition) is 1. The number of nitrogens with one attached hydrogen (secondary N) is 1. The third kappa shape index (κ3) is 3.71. The third-order valence-electron chi connectivity index (χ3n) is 4.91. The summed E-state index contributed by atoms with van der Waals surface area (Å²) in [5, 5.41) is 3.81. The normalized spacial score (nSPS) is 20.0. The van der Waals surface area contributed by atoms with Crippen molar-refractivity contribution in [3.63, 3.8) is 0 Å². The van der Waals surface area contributed by atoms with Crippen molar-refractivity contribution in [1.29, 1.82) is 0 Å². The fraction of sp³-hybridized carbons (Fsp3) is 1.00. The fourth-order valence-electron chi connectivity index (χ4n) is 3.66. The second kappa shape index (κ2) is 8.16. The zero-order valence-electron chi connectivity index (χ0n) is 12.9. The Kier molecular flexibility index (Phi) is 7.25. The SMILES string of the molecule is CCCNC(C1CCCCC1)C(CC)(CC)OC. The minimum Gasteiger partial charge on any atom is -0.377 e. The average molecular weight is 255 g/mol. The van der Waals surface area contributed by atoms with Crippen LogP contribution in [0, 0.1) is 5.92 Å². The Morgan fingerprint density at radius 2 is 1.72 bits per heavy atom. The Morgan fingerprint density at radius 1 is 1.11 bits per heavy atom. The molecule has 0 aromatic carbocycles. The number of rotatable bonds is 8. The van der Waals surface area contributed by atoms with Crippen molar-refractivity contribution < 1.29 is 4.74 Å². The molecule has 1 aliphatic carbocycles. The highest BCUT2D eigenvalue weighted by Gasteiger charge is 2.40. The molecule has 108 valence electrons. The highest BCUT2D eigenvalue weighted by atomic mass is 16.5. The summed E-state index contributed by atoms with van der Waals surface area (Å²) in [5.41, 5.74) is 0.0389. The first-order valence-electron chi connectivity index (χ1n) is 8.02. The maximum atomic E-state index is 5.99. The van der Waals surface area contributed by atoms with Crippen LogP contribution in [0.5, 0.6) is 0 Å². The number of methoxy groups -OCH3 is 1. The average Bonchev–Trinajstić information content (AvgIpc) is 2.45. The van der Waals surface area contributed by atoms with Gasteiger partial charge in [0.25, 0.3) is 0 Å². The smallest absolute Gasteiger partial charge is 0.0828 e. The zero-order valence-corrected chi connectivity index (χ0v) is 12.9. The number of hydrogen-bond acceptors (Lipinski definition) is 2. The van der Waals surface area contributed by atoms with E-state index in [4.69, 9.17) is 4.74 Å². The van der Waals surface area contributed by atoms with E-state index in [9.17, 15) is 0 Å². The fourth-order valence-corrected chi connectivity index (χ4v) is 3.66. The molecule has 0 amide bonds. The molecule has 1 fully saturated rings. The molecule has 1 rings (SSSR count). The molecule has 1 unspecified atom stereocenters. The topological polar surface area (TPSA) is 21.3 Å². The second-order valence-corrected chi connectivity index (χ2v) is 5.81. The first-order valence-corrected chi connectivity index (χ1v) is 8.02. The lowest BCUT2D eigenvalue weighted by atomic mass is 9.74. The van der Waals surface area contributed by atoms with Crippen LogP contribution in [-0.4, -0.2) is 25.3 Å². The van der Waals surface area contributed by atoms with Crippen LogP contribution >= 0.6 is 0 Å². The van der Waals surface area contributed by atoms with E-state index in [0.717, 1.165) is 25.3 Å². The Balaban J connectivity index is 2.79. The summed E-state index contributed by atoms with van der Waals surface area (Å²) in [6.45, 7) is 7.91. The van der Waals surface area contributed by atoms with E-state index in [2.05, 4.69) is 26.1 Å². The lowest BCUT2D eigenvalue weighted by Crippen LogP contribution is -2.56. The van der Waals surface area contributed by atoms with Crippen LogP contribution in [0.4, 0.5) is 0 Å². The first-order chi connectivity index (χ1) is 8.74. The van der Waals surface area contributed by atoms with Crippen LogP contribution in [0.1, 0.15) is 72.1 Å². The summed E-state index contributed by atoms with van der Waals surface area (Å²) in [5.74, 6) is 0.810. The highest BCUT2D eigenvalue weighted by molar-refractivity contribution is 4.96. The Labute approximate surface area is 114 Å². The van der Waals surface area contributed by atoms with E-state index < -0.39 is 0 Å². The standard InChI is InChI=1S/C16H33NO/c1-5-13-17-15(14-11-9-8-10-12-14)16(6-2,7-3)18-4/h14-15,17H,5-13H2,1-4H3. The van der Waals surface area contributed by atoms with Crippen molar-refractivity contribution in [3.8, 4) is 0 Å². The Hall–Kier alpha value is -0.0800. The van der Waals surface area contributed by atoms with Crippen molar-refractivity contribution in [2.45, 2.75) is 83.8 Å². The summed E-state index contributed by atoms with van der Waals surface area (Å²) in [6.07, 6.45) is 10.4. The van der Waals surface area contributed by atoms with E-state index in [1.54, 1.807) is 0 Å². The summed E-state index contributed by atoms with van der Waals surface area (Å²) >= 11 is 0. The van der Waals surface area contributed by atoms with Gasteiger partial charge in [-0.05, 0) is 44.6 Å². The number of ether oxygens (including phenoxy) is 1. The van der Waals surface area contributed by atoms with Crippen molar-refractivity contribution >= 4 is 0 Å². The molecule has 2 nitrogen and oxygen atoms in total. The van der Waals surface area contributed by atoms with Crippen molar-refractivity contribution in [1.82, 2.24) is 5.32 Å². The molecule has 0 aliphatic heterocycles. The maximum absolute atomic E-state index is 5.99. The van der Waals surface area contributed by atoms with Crippen LogP contribution in [-0.2, 0) is 4.74 Å². The van der Waals surface area contributed by atoms with Crippen LogP contribution in [0.25, 0.3) is 0 Å². The largest absolute Gasteiger partial charge is 0.377 e. The second-order valence-electron chi connectivity index (χ2n) is 5.81. The molecule has 0 aromatic rings. The van der Waals surface area contributed by atoms with Gasteiger partial charge in [0.1, 0.15) is 0 Å². The van der Waals surface area contributed by atoms with E-state index in [-0.39, 0.29) is 5.60 Å². The Morgan fingerprint density at radius 3 is 2.17 bits per heavy atom. The monoisotopic (exact) mass is 255 g/mol. The van der Waals surface area contributed by atoms with Crippen molar-refractivity contribution in [3.05, 3.63) is 0 Å². The van der Waals surface area contributed by atoms with Gasteiger partial charge in [0, 0.05) is 13.2 Å². The molecule has 1 N–H and O–H groups in total. The Bertz CT molecular complexity index is 199.